The predicted octanol–water partition coefficient (Wildman–Crippen LogP) is 3.86. The van der Waals surface area contributed by atoms with Crippen LogP contribution in [-0.4, -0.2) is 31.9 Å². The number of alkyl halides is 3. The van der Waals surface area contributed by atoms with E-state index in [9.17, 15) is 18.0 Å². The molecule has 164 valence electrons. The van der Waals surface area contributed by atoms with Gasteiger partial charge in [-0.25, -0.2) is 9.50 Å². The molecule has 8 nitrogen and oxygen atoms in total. The van der Waals surface area contributed by atoms with Crippen LogP contribution < -0.4 is 15.8 Å². The maximum Gasteiger partial charge on any atom is 0.573 e. The third kappa shape index (κ3) is 4.72. The molecule has 0 radical (unpaired) electrons. The number of amides is 1. The minimum atomic E-state index is -4.84. The Morgan fingerprint density at radius 2 is 2.00 bits per heavy atom. The molecule has 3 aromatic heterocycles. The van der Waals surface area contributed by atoms with E-state index in [0.29, 0.717) is 16.8 Å². The summed E-state index contributed by atoms with van der Waals surface area (Å²) in [5.74, 6) is -0.838. The van der Waals surface area contributed by atoms with Gasteiger partial charge in [-0.3, -0.25) is 4.79 Å². The van der Waals surface area contributed by atoms with Gasteiger partial charge in [-0.05, 0) is 29.8 Å². The van der Waals surface area contributed by atoms with E-state index in [2.05, 4.69) is 25.1 Å². The fourth-order valence-electron chi connectivity index (χ4n) is 2.99. The number of nitrogens with one attached hydrogen (secondary N) is 1. The van der Waals surface area contributed by atoms with Crippen LogP contribution in [0.3, 0.4) is 0 Å². The SMILES string of the molecule is Nc1nc2cc(-c3cc(C(=O)NCc4ccccc4OC(F)(F)F)cnc3Cl)ccn2n1. The minimum absolute atomic E-state index is 0.106. The molecule has 12 heteroatoms. The molecule has 4 aromatic rings. The second kappa shape index (κ2) is 8.35. The van der Waals surface area contributed by atoms with Crippen LogP contribution in [0.4, 0.5) is 19.1 Å². The van der Waals surface area contributed by atoms with Crippen LogP contribution >= 0.6 is 11.6 Å². The lowest BCUT2D eigenvalue weighted by Crippen LogP contribution is -2.24. The number of hydrogen-bond acceptors (Lipinski definition) is 6. The van der Waals surface area contributed by atoms with Crippen LogP contribution in [0, 0.1) is 0 Å². The van der Waals surface area contributed by atoms with E-state index in [0.717, 1.165) is 0 Å². The van der Waals surface area contributed by atoms with Crippen LogP contribution in [0.5, 0.6) is 5.75 Å². The fraction of sp³-hybridized carbons (Fsp3) is 0.100. The lowest BCUT2D eigenvalue weighted by molar-refractivity contribution is -0.274. The highest BCUT2D eigenvalue weighted by atomic mass is 35.5. The van der Waals surface area contributed by atoms with Crippen molar-refractivity contribution in [2.75, 3.05) is 5.73 Å². The molecule has 3 N–H and O–H groups in total. The number of carbonyl (C=O) groups excluding carboxylic acids is 1. The van der Waals surface area contributed by atoms with Gasteiger partial charge in [0.05, 0.1) is 5.56 Å². The zero-order valence-electron chi connectivity index (χ0n) is 16.1. The van der Waals surface area contributed by atoms with E-state index < -0.39 is 18.0 Å². The maximum absolute atomic E-state index is 12.6. The summed E-state index contributed by atoms with van der Waals surface area (Å²) in [6.07, 6.45) is -1.94. The van der Waals surface area contributed by atoms with Gasteiger partial charge in [-0.2, -0.15) is 4.98 Å². The topological polar surface area (TPSA) is 107 Å². The van der Waals surface area contributed by atoms with Gasteiger partial charge in [0.15, 0.2) is 5.65 Å². The first-order valence-corrected chi connectivity index (χ1v) is 9.47. The molecule has 0 fully saturated rings. The van der Waals surface area contributed by atoms with Gasteiger partial charge >= 0.3 is 6.36 Å². The molecule has 0 unspecified atom stereocenters. The van der Waals surface area contributed by atoms with Crippen molar-refractivity contribution in [1.82, 2.24) is 24.9 Å². The number of rotatable bonds is 5. The molecule has 0 atom stereocenters. The van der Waals surface area contributed by atoms with Crippen molar-refractivity contribution in [2.24, 2.45) is 0 Å². The summed E-state index contributed by atoms with van der Waals surface area (Å²) in [4.78, 5) is 20.7. The number of pyridine rings is 2. The maximum atomic E-state index is 12.6. The molecule has 0 saturated heterocycles. The molecule has 0 spiro atoms. The number of benzene rings is 1. The summed E-state index contributed by atoms with van der Waals surface area (Å²) in [7, 11) is 0. The Morgan fingerprint density at radius 3 is 2.78 bits per heavy atom. The van der Waals surface area contributed by atoms with Gasteiger partial charge in [-0.15, -0.1) is 18.3 Å². The zero-order valence-corrected chi connectivity index (χ0v) is 16.9. The van der Waals surface area contributed by atoms with E-state index >= 15 is 0 Å². The molecule has 3 heterocycles. The highest BCUT2D eigenvalue weighted by molar-refractivity contribution is 6.32. The first-order valence-electron chi connectivity index (χ1n) is 9.09. The number of aromatic nitrogens is 4. The lowest BCUT2D eigenvalue weighted by atomic mass is 10.1. The molecule has 4 rings (SSSR count). The van der Waals surface area contributed by atoms with Gasteiger partial charge in [-0.1, -0.05) is 29.8 Å². The Hall–Kier alpha value is -3.86. The minimum Gasteiger partial charge on any atom is -0.405 e. The first-order chi connectivity index (χ1) is 15.2. The third-order valence-corrected chi connectivity index (χ3v) is 4.71. The normalized spacial score (nSPS) is 11.5. The van der Waals surface area contributed by atoms with Gasteiger partial charge < -0.3 is 15.8 Å². The van der Waals surface area contributed by atoms with Crippen molar-refractivity contribution in [3.63, 3.8) is 0 Å². The summed E-state index contributed by atoms with van der Waals surface area (Å²) in [5, 5.41) is 6.70. The summed E-state index contributed by atoms with van der Waals surface area (Å²) in [6.45, 7) is -0.186. The Bertz CT molecular complexity index is 1310. The molecule has 0 aliphatic heterocycles. The fourth-order valence-corrected chi connectivity index (χ4v) is 3.21. The first kappa shape index (κ1) is 21.4. The van der Waals surface area contributed by atoms with Crippen LogP contribution in [0.2, 0.25) is 5.15 Å². The average molecular weight is 463 g/mol. The Balaban J connectivity index is 1.55. The summed E-state index contributed by atoms with van der Waals surface area (Å²) in [5.41, 5.74) is 7.49. The Labute approximate surface area is 183 Å². The van der Waals surface area contributed by atoms with Crippen molar-refractivity contribution in [3.8, 4) is 16.9 Å². The number of nitrogens with zero attached hydrogens (tertiary/aromatic N) is 4. The summed E-state index contributed by atoms with van der Waals surface area (Å²) < 4.78 is 43.2. The van der Waals surface area contributed by atoms with Gasteiger partial charge in [0.2, 0.25) is 5.95 Å². The predicted molar refractivity (Wildman–Crippen MR) is 110 cm³/mol. The quantitative estimate of drug-likeness (QED) is 0.436. The van der Waals surface area contributed by atoms with Crippen molar-refractivity contribution < 1.29 is 22.7 Å². The molecule has 0 aliphatic rings. The Kier molecular flexibility index (Phi) is 5.57. The standard InChI is InChI=1S/C20H14ClF3N6O2/c21-17-14(11-5-6-30-16(8-11)28-19(25)29-30)7-13(10-26-17)18(31)27-9-12-3-1-2-4-15(12)32-20(22,23)24/h1-8,10H,9H2,(H2,25,29)(H,27,31). The van der Waals surface area contributed by atoms with Gasteiger partial charge in [0.25, 0.3) is 5.91 Å². The summed E-state index contributed by atoms with van der Waals surface area (Å²) >= 11 is 6.21. The van der Waals surface area contributed by atoms with Crippen LogP contribution in [0.15, 0.2) is 54.9 Å². The van der Waals surface area contributed by atoms with E-state index in [-0.39, 0.29) is 28.8 Å². The largest absolute Gasteiger partial charge is 0.573 e. The number of nitrogen functional groups attached to an aromatic ring is 1. The van der Waals surface area contributed by atoms with Crippen LogP contribution in [0.1, 0.15) is 15.9 Å². The van der Waals surface area contributed by atoms with Gasteiger partial charge in [0.1, 0.15) is 10.9 Å². The Morgan fingerprint density at radius 1 is 1.22 bits per heavy atom. The molecule has 0 aliphatic carbocycles. The van der Waals surface area contributed by atoms with Gasteiger partial charge in [0, 0.05) is 30.1 Å². The van der Waals surface area contributed by atoms with E-state index in [1.807, 2.05) is 0 Å². The third-order valence-electron chi connectivity index (χ3n) is 4.40. The second-order valence-corrected chi connectivity index (χ2v) is 6.95. The van der Waals surface area contributed by atoms with Crippen molar-refractivity contribution >= 4 is 29.1 Å². The lowest BCUT2D eigenvalue weighted by Gasteiger charge is -2.14. The summed E-state index contributed by atoms with van der Waals surface area (Å²) in [6, 6.07) is 10.4. The highest BCUT2D eigenvalue weighted by Crippen LogP contribution is 2.29. The molecule has 0 bridgehead atoms. The molecule has 32 heavy (non-hydrogen) atoms. The van der Waals surface area contributed by atoms with Crippen molar-refractivity contribution in [1.29, 1.82) is 0 Å². The smallest absolute Gasteiger partial charge is 0.405 e. The number of carbonyl (C=O) groups is 1. The van der Waals surface area contributed by atoms with Crippen LogP contribution in [0.25, 0.3) is 16.8 Å². The van der Waals surface area contributed by atoms with E-state index in [1.54, 1.807) is 24.4 Å². The second-order valence-electron chi connectivity index (χ2n) is 6.59. The van der Waals surface area contributed by atoms with E-state index in [4.69, 9.17) is 17.3 Å². The highest BCUT2D eigenvalue weighted by Gasteiger charge is 2.32. The number of anilines is 1. The molecule has 1 aromatic carbocycles. The average Bonchev–Trinajstić information content (AvgIpc) is 3.11. The molecule has 0 saturated carbocycles. The van der Waals surface area contributed by atoms with Crippen LogP contribution in [-0.2, 0) is 6.54 Å². The number of nitrogens with two attached hydrogens (primary N) is 1. The zero-order chi connectivity index (χ0) is 22.9. The molecular weight excluding hydrogens is 449 g/mol. The van der Waals surface area contributed by atoms with Crippen molar-refractivity contribution in [3.05, 3.63) is 71.1 Å². The number of ether oxygens (including phenoxy) is 1. The molecule has 1 amide bonds. The molecular formula is C20H14ClF3N6O2. The van der Waals surface area contributed by atoms with Crippen molar-refractivity contribution in [2.45, 2.75) is 12.9 Å². The van der Waals surface area contributed by atoms with E-state index in [1.165, 1.54) is 35.0 Å². The number of halogens is 4. The monoisotopic (exact) mass is 462 g/mol. The number of fused-ring (bicyclic) bond motifs is 1. The number of para-hydroxylation sites is 1. The number of hydrogen-bond donors (Lipinski definition) is 2.